The maximum atomic E-state index is 5.69. The topological polar surface area (TPSA) is 43.4 Å². The Bertz CT molecular complexity index is 526. The molecule has 1 heterocycles. The number of nitrogens with one attached hydrogen (secondary N) is 1. The highest BCUT2D eigenvalue weighted by atomic mass is 16.5. The number of ether oxygens (including phenoxy) is 2. The van der Waals surface area contributed by atoms with E-state index in [2.05, 4.69) is 17.2 Å². The van der Waals surface area contributed by atoms with Crippen molar-refractivity contribution in [3.63, 3.8) is 0 Å². The zero-order valence-corrected chi connectivity index (χ0v) is 11.9. The zero-order chi connectivity index (χ0) is 14.2. The number of hydrogen-bond acceptors (Lipinski definition) is 4. The first-order valence-corrected chi connectivity index (χ1v) is 6.78. The quantitative estimate of drug-likeness (QED) is 0.838. The van der Waals surface area contributed by atoms with Crippen LogP contribution in [-0.4, -0.2) is 18.6 Å². The van der Waals surface area contributed by atoms with Crippen molar-refractivity contribution in [2.24, 2.45) is 0 Å². The van der Waals surface area contributed by atoms with Gasteiger partial charge in [-0.15, -0.1) is 0 Å². The molecule has 0 aliphatic carbocycles. The molecule has 0 spiro atoms. The molecule has 0 unspecified atom stereocenters. The lowest BCUT2D eigenvalue weighted by Crippen LogP contribution is -2.03. The van der Waals surface area contributed by atoms with Crippen LogP contribution < -0.4 is 14.8 Å². The van der Waals surface area contributed by atoms with Crippen LogP contribution in [0.25, 0.3) is 0 Å². The van der Waals surface area contributed by atoms with Crippen LogP contribution >= 0.6 is 0 Å². The van der Waals surface area contributed by atoms with Crippen molar-refractivity contribution in [2.45, 2.75) is 20.0 Å². The Hall–Kier alpha value is -2.23. The highest BCUT2D eigenvalue weighted by molar-refractivity contribution is 5.37. The third kappa shape index (κ3) is 4.16. The molecule has 0 aliphatic rings. The second kappa shape index (κ2) is 7.38. The second-order valence-corrected chi connectivity index (χ2v) is 4.42. The zero-order valence-electron chi connectivity index (χ0n) is 11.9. The van der Waals surface area contributed by atoms with E-state index >= 15 is 0 Å². The van der Waals surface area contributed by atoms with Gasteiger partial charge in [0.15, 0.2) is 0 Å². The van der Waals surface area contributed by atoms with E-state index in [9.17, 15) is 0 Å². The van der Waals surface area contributed by atoms with Gasteiger partial charge in [-0.05, 0) is 30.2 Å². The van der Waals surface area contributed by atoms with Crippen molar-refractivity contribution in [1.29, 1.82) is 0 Å². The molecule has 0 saturated carbocycles. The van der Waals surface area contributed by atoms with Crippen molar-refractivity contribution in [2.75, 3.05) is 19.0 Å². The summed E-state index contributed by atoms with van der Waals surface area (Å²) in [6.45, 7) is 3.53. The van der Waals surface area contributed by atoms with Crippen LogP contribution in [-0.2, 0) is 6.61 Å². The van der Waals surface area contributed by atoms with Crippen LogP contribution in [0.15, 0.2) is 42.5 Å². The third-order valence-electron chi connectivity index (χ3n) is 2.83. The Morgan fingerprint density at radius 2 is 1.90 bits per heavy atom. The summed E-state index contributed by atoms with van der Waals surface area (Å²) in [6, 6.07) is 13.6. The number of benzene rings is 1. The summed E-state index contributed by atoms with van der Waals surface area (Å²) < 4.78 is 10.8. The lowest BCUT2D eigenvalue weighted by atomic mass is 10.2. The molecule has 1 aromatic heterocycles. The Balaban J connectivity index is 1.92. The van der Waals surface area contributed by atoms with Gasteiger partial charge in [0.25, 0.3) is 0 Å². The largest absolute Gasteiger partial charge is 0.497 e. The van der Waals surface area contributed by atoms with Crippen molar-refractivity contribution >= 4 is 5.82 Å². The molecule has 0 amide bonds. The van der Waals surface area contributed by atoms with E-state index in [1.54, 1.807) is 7.11 Å². The molecular weight excluding hydrogens is 252 g/mol. The molecule has 1 aromatic carbocycles. The highest BCUT2D eigenvalue weighted by Gasteiger charge is 2.00. The molecule has 0 atom stereocenters. The normalized spacial score (nSPS) is 10.1. The minimum Gasteiger partial charge on any atom is -0.497 e. The van der Waals surface area contributed by atoms with Crippen LogP contribution in [0.3, 0.4) is 0 Å². The Morgan fingerprint density at radius 3 is 2.60 bits per heavy atom. The molecule has 2 aromatic rings. The summed E-state index contributed by atoms with van der Waals surface area (Å²) >= 11 is 0. The fourth-order valence-electron chi connectivity index (χ4n) is 1.73. The summed E-state index contributed by atoms with van der Waals surface area (Å²) in [5, 5.41) is 3.24. The smallest absolute Gasteiger partial charge is 0.215 e. The number of anilines is 1. The highest BCUT2D eigenvalue weighted by Crippen LogP contribution is 2.15. The molecule has 2 rings (SSSR count). The van der Waals surface area contributed by atoms with Gasteiger partial charge >= 0.3 is 0 Å². The number of methoxy groups -OCH3 is 1. The van der Waals surface area contributed by atoms with Gasteiger partial charge in [0.2, 0.25) is 5.88 Å². The number of aromatic nitrogens is 1. The van der Waals surface area contributed by atoms with Gasteiger partial charge in [0, 0.05) is 12.6 Å². The predicted octanol–water partition coefficient (Wildman–Crippen LogP) is 3.49. The summed E-state index contributed by atoms with van der Waals surface area (Å²) in [7, 11) is 1.66. The molecule has 106 valence electrons. The van der Waals surface area contributed by atoms with E-state index in [4.69, 9.17) is 9.47 Å². The monoisotopic (exact) mass is 272 g/mol. The number of rotatable bonds is 7. The molecule has 0 radical (unpaired) electrons. The Kier molecular flexibility index (Phi) is 5.24. The molecule has 0 aliphatic heterocycles. The van der Waals surface area contributed by atoms with Crippen molar-refractivity contribution < 1.29 is 9.47 Å². The van der Waals surface area contributed by atoms with Crippen LogP contribution in [0.5, 0.6) is 11.6 Å². The van der Waals surface area contributed by atoms with Gasteiger partial charge in [-0.1, -0.05) is 25.1 Å². The van der Waals surface area contributed by atoms with E-state index in [1.165, 1.54) is 0 Å². The second-order valence-electron chi connectivity index (χ2n) is 4.42. The van der Waals surface area contributed by atoms with Crippen molar-refractivity contribution in [3.05, 3.63) is 48.0 Å². The minimum atomic E-state index is 0.494. The first-order chi connectivity index (χ1) is 9.81. The summed E-state index contributed by atoms with van der Waals surface area (Å²) in [6.07, 6.45) is 1.07. The standard InChI is InChI=1S/C16H20N2O2/c1-3-11-17-15-5-4-6-16(18-15)20-12-13-7-9-14(19-2)10-8-13/h4-10H,3,11-12H2,1-2H3,(H,17,18). The van der Waals surface area contributed by atoms with Gasteiger partial charge < -0.3 is 14.8 Å². The predicted molar refractivity (Wildman–Crippen MR) is 80.3 cm³/mol. The Labute approximate surface area is 119 Å². The van der Waals surface area contributed by atoms with E-state index in [-0.39, 0.29) is 0 Å². The van der Waals surface area contributed by atoms with Gasteiger partial charge in [0.1, 0.15) is 18.2 Å². The van der Waals surface area contributed by atoms with Crippen LogP contribution in [0, 0.1) is 0 Å². The molecule has 0 saturated heterocycles. The number of hydrogen-bond donors (Lipinski definition) is 1. The molecule has 4 heteroatoms. The fourth-order valence-corrected chi connectivity index (χ4v) is 1.73. The fraction of sp³-hybridized carbons (Fsp3) is 0.312. The average Bonchev–Trinajstić information content (AvgIpc) is 2.52. The lowest BCUT2D eigenvalue weighted by Gasteiger charge is -2.08. The molecule has 1 N–H and O–H groups in total. The summed E-state index contributed by atoms with van der Waals surface area (Å²) in [5.41, 5.74) is 1.08. The Morgan fingerprint density at radius 1 is 1.10 bits per heavy atom. The van der Waals surface area contributed by atoms with Crippen molar-refractivity contribution in [3.8, 4) is 11.6 Å². The van der Waals surface area contributed by atoms with E-state index in [0.717, 1.165) is 30.1 Å². The SMILES string of the molecule is CCCNc1cccc(OCc2ccc(OC)cc2)n1. The van der Waals surface area contributed by atoms with Crippen LogP contribution in [0.1, 0.15) is 18.9 Å². The van der Waals surface area contributed by atoms with Crippen LogP contribution in [0.2, 0.25) is 0 Å². The summed E-state index contributed by atoms with van der Waals surface area (Å²) in [5.74, 6) is 2.32. The number of nitrogens with zero attached hydrogens (tertiary/aromatic N) is 1. The maximum absolute atomic E-state index is 5.69. The summed E-state index contributed by atoms with van der Waals surface area (Å²) in [4.78, 5) is 4.40. The van der Waals surface area contributed by atoms with E-state index in [1.807, 2.05) is 42.5 Å². The first kappa shape index (κ1) is 14.2. The lowest BCUT2D eigenvalue weighted by molar-refractivity contribution is 0.294. The molecule has 4 nitrogen and oxygen atoms in total. The van der Waals surface area contributed by atoms with Crippen molar-refractivity contribution in [1.82, 2.24) is 4.98 Å². The third-order valence-corrected chi connectivity index (χ3v) is 2.83. The van der Waals surface area contributed by atoms with Crippen LogP contribution in [0.4, 0.5) is 5.82 Å². The molecule has 0 fully saturated rings. The van der Waals surface area contributed by atoms with Gasteiger partial charge in [-0.3, -0.25) is 0 Å². The maximum Gasteiger partial charge on any atom is 0.215 e. The average molecular weight is 272 g/mol. The van der Waals surface area contributed by atoms with E-state index in [0.29, 0.717) is 12.5 Å². The number of pyridine rings is 1. The van der Waals surface area contributed by atoms with Gasteiger partial charge in [0.05, 0.1) is 7.11 Å². The molecule has 20 heavy (non-hydrogen) atoms. The van der Waals surface area contributed by atoms with Gasteiger partial charge in [-0.2, -0.15) is 4.98 Å². The first-order valence-electron chi connectivity index (χ1n) is 6.78. The molecular formula is C16H20N2O2. The van der Waals surface area contributed by atoms with E-state index < -0.39 is 0 Å². The van der Waals surface area contributed by atoms with Gasteiger partial charge in [-0.25, -0.2) is 0 Å². The molecule has 0 bridgehead atoms. The minimum absolute atomic E-state index is 0.494.